The summed E-state index contributed by atoms with van der Waals surface area (Å²) >= 11 is 0. The molecule has 0 spiro atoms. The third-order valence-electron chi connectivity index (χ3n) is 4.55. The number of carbonyl (C=O) groups is 2. The van der Waals surface area contributed by atoms with Crippen molar-refractivity contribution in [3.05, 3.63) is 23.8 Å². The number of likely N-dealkylation sites (tertiary alicyclic amines) is 1. The minimum atomic E-state index is -1.14. The minimum absolute atomic E-state index is 0. The van der Waals surface area contributed by atoms with E-state index in [0.29, 0.717) is 12.8 Å². The van der Waals surface area contributed by atoms with Gasteiger partial charge in [-0.25, -0.2) is 4.39 Å². The Morgan fingerprint density at radius 3 is 2.64 bits per heavy atom. The minimum Gasteiger partial charge on any atom is -0.548 e. The molecule has 9 heteroatoms. The second-order valence-corrected chi connectivity index (χ2v) is 6.10. The van der Waals surface area contributed by atoms with Crippen LogP contribution in [-0.2, 0) is 16.1 Å². The number of methoxy groups -OCH3 is 1. The van der Waals surface area contributed by atoms with E-state index < -0.39 is 23.9 Å². The van der Waals surface area contributed by atoms with Crippen molar-refractivity contribution in [3.8, 4) is 5.75 Å². The summed E-state index contributed by atoms with van der Waals surface area (Å²) in [5.74, 6) is -2.00. The van der Waals surface area contributed by atoms with E-state index in [-0.39, 0.29) is 59.5 Å². The van der Waals surface area contributed by atoms with Gasteiger partial charge >= 0.3 is 29.6 Å². The number of hydrogen-bond acceptors (Lipinski definition) is 6. The van der Waals surface area contributed by atoms with Crippen molar-refractivity contribution in [1.29, 1.82) is 0 Å². The van der Waals surface area contributed by atoms with Gasteiger partial charge in [0, 0.05) is 18.3 Å². The molecular formula is C16H19FN3NaO4. The third-order valence-corrected chi connectivity index (χ3v) is 4.55. The zero-order chi connectivity index (χ0) is 17.3. The van der Waals surface area contributed by atoms with Crippen LogP contribution in [0.25, 0.3) is 0 Å². The molecule has 0 radical (unpaired) electrons. The molecule has 1 aromatic heterocycles. The molecule has 2 atom stereocenters. The molecular weight excluding hydrogens is 340 g/mol. The Hall–Kier alpha value is -1.22. The number of rotatable bonds is 6. The van der Waals surface area contributed by atoms with E-state index in [4.69, 9.17) is 4.74 Å². The van der Waals surface area contributed by atoms with E-state index in [1.807, 2.05) is 0 Å². The van der Waals surface area contributed by atoms with Crippen molar-refractivity contribution >= 4 is 11.9 Å². The average molecular weight is 359 g/mol. The van der Waals surface area contributed by atoms with Crippen LogP contribution in [0.15, 0.2) is 12.3 Å². The number of pyridine rings is 1. The Morgan fingerprint density at radius 1 is 1.36 bits per heavy atom. The fourth-order valence-corrected chi connectivity index (χ4v) is 3.26. The average Bonchev–Trinajstić information content (AvgIpc) is 3.31. The molecule has 1 amide bonds. The Morgan fingerprint density at radius 2 is 2.04 bits per heavy atom. The van der Waals surface area contributed by atoms with Crippen LogP contribution in [0.5, 0.6) is 5.75 Å². The largest absolute Gasteiger partial charge is 1.00 e. The van der Waals surface area contributed by atoms with Crippen LogP contribution < -0.4 is 44.7 Å². The van der Waals surface area contributed by atoms with Gasteiger partial charge in [-0.05, 0) is 25.7 Å². The van der Waals surface area contributed by atoms with Gasteiger partial charge in [0.15, 0.2) is 11.6 Å². The Kier molecular flexibility index (Phi) is 6.79. The number of hydrogen-bond donors (Lipinski definition) is 1. The summed E-state index contributed by atoms with van der Waals surface area (Å²) in [5, 5.41) is 13.9. The molecule has 0 bridgehead atoms. The first-order valence-electron chi connectivity index (χ1n) is 7.96. The molecule has 7 nitrogen and oxygen atoms in total. The van der Waals surface area contributed by atoms with Gasteiger partial charge in [0.2, 0.25) is 5.91 Å². The maximum Gasteiger partial charge on any atom is 1.00 e. The maximum atomic E-state index is 14.0. The number of nitrogens with one attached hydrogen (secondary N) is 1. The number of ether oxygens (including phenoxy) is 1. The summed E-state index contributed by atoms with van der Waals surface area (Å²) in [5.41, 5.74) is 0.0788. The van der Waals surface area contributed by atoms with Gasteiger partial charge in [-0.15, -0.1) is 0 Å². The predicted octanol–water partition coefficient (Wildman–Crippen LogP) is -3.41. The number of amides is 1. The first kappa shape index (κ1) is 20.1. The van der Waals surface area contributed by atoms with E-state index >= 15 is 0 Å². The summed E-state index contributed by atoms with van der Waals surface area (Å²) in [7, 11) is 1.35. The molecule has 1 aromatic rings. The summed E-state index contributed by atoms with van der Waals surface area (Å²) in [4.78, 5) is 29.3. The fourth-order valence-electron chi connectivity index (χ4n) is 3.26. The van der Waals surface area contributed by atoms with Gasteiger partial charge in [-0.3, -0.25) is 14.7 Å². The summed E-state index contributed by atoms with van der Waals surface area (Å²) in [6.45, 7) is -0.0765. The molecule has 2 fully saturated rings. The van der Waals surface area contributed by atoms with E-state index in [1.165, 1.54) is 19.4 Å². The van der Waals surface area contributed by atoms with Crippen LogP contribution >= 0.6 is 0 Å². The number of aliphatic carboxylic acids is 1. The van der Waals surface area contributed by atoms with Crippen molar-refractivity contribution < 1.29 is 53.4 Å². The van der Waals surface area contributed by atoms with E-state index in [9.17, 15) is 19.1 Å². The predicted molar refractivity (Wildman–Crippen MR) is 79.3 cm³/mol. The van der Waals surface area contributed by atoms with Crippen molar-refractivity contribution in [1.82, 2.24) is 15.2 Å². The molecule has 2 unspecified atom stereocenters. The van der Waals surface area contributed by atoms with Gasteiger partial charge in [0.1, 0.15) is 0 Å². The zero-order valence-corrected chi connectivity index (χ0v) is 16.3. The maximum absolute atomic E-state index is 14.0. The molecule has 25 heavy (non-hydrogen) atoms. The Labute approximate surface area is 167 Å². The third kappa shape index (κ3) is 4.31. The smallest absolute Gasteiger partial charge is 0.548 e. The van der Waals surface area contributed by atoms with Crippen LogP contribution in [0, 0.1) is 5.82 Å². The van der Waals surface area contributed by atoms with Crippen LogP contribution in [-0.4, -0.2) is 47.0 Å². The Bertz CT molecular complexity index is 656. The van der Waals surface area contributed by atoms with Gasteiger partial charge in [-0.1, -0.05) is 0 Å². The molecule has 1 aliphatic heterocycles. The molecule has 1 N–H and O–H groups in total. The molecule has 1 aliphatic carbocycles. The number of carbonyl (C=O) groups excluding carboxylic acids is 2. The zero-order valence-electron chi connectivity index (χ0n) is 14.3. The molecule has 0 aromatic carbocycles. The van der Waals surface area contributed by atoms with Crippen LogP contribution in [0.1, 0.15) is 31.4 Å². The summed E-state index contributed by atoms with van der Waals surface area (Å²) in [6, 6.07) is 0.281. The molecule has 1 saturated heterocycles. The van der Waals surface area contributed by atoms with Crippen LogP contribution in [0.3, 0.4) is 0 Å². The molecule has 130 valence electrons. The second kappa shape index (κ2) is 8.44. The first-order valence-corrected chi connectivity index (χ1v) is 7.96. The van der Waals surface area contributed by atoms with E-state index in [2.05, 4.69) is 10.3 Å². The van der Waals surface area contributed by atoms with Crippen LogP contribution in [0.2, 0.25) is 0 Å². The van der Waals surface area contributed by atoms with Crippen LogP contribution in [0.4, 0.5) is 4.39 Å². The summed E-state index contributed by atoms with van der Waals surface area (Å²) < 4.78 is 18.9. The summed E-state index contributed by atoms with van der Waals surface area (Å²) in [6.07, 6.45) is 4.03. The molecule has 2 aliphatic rings. The topological polar surface area (TPSA) is 94.6 Å². The van der Waals surface area contributed by atoms with E-state index in [1.54, 1.807) is 4.90 Å². The standard InChI is InChI=1S/C16H20FN3O4.Na/c1-24-13-6-7-18-10(14(13)17)8-19-15(21)11-4-5-12(16(22)23)20(11)9-2-3-9;/h6-7,9,11-12H,2-5,8H2,1H3,(H,19,21)(H,22,23);/q;+1/p-1. The van der Waals surface area contributed by atoms with Crippen molar-refractivity contribution in [2.45, 2.75) is 50.4 Å². The molecule has 2 heterocycles. The van der Waals surface area contributed by atoms with Gasteiger partial charge in [0.05, 0.1) is 37.4 Å². The van der Waals surface area contributed by atoms with Crippen molar-refractivity contribution in [2.24, 2.45) is 0 Å². The Balaban J connectivity index is 0.00000225. The SMILES string of the molecule is COc1ccnc(CNC(=O)C2CCC(C(=O)[O-])N2C2CC2)c1F.[Na+]. The quantitative estimate of drug-likeness (QED) is 0.532. The van der Waals surface area contributed by atoms with Gasteiger partial charge < -0.3 is 20.0 Å². The number of aromatic nitrogens is 1. The number of carboxylic acid groups (broad SMARTS) is 1. The van der Waals surface area contributed by atoms with Crippen molar-refractivity contribution in [3.63, 3.8) is 0 Å². The monoisotopic (exact) mass is 359 g/mol. The molecule has 1 saturated carbocycles. The van der Waals surface area contributed by atoms with E-state index in [0.717, 1.165) is 12.8 Å². The number of carboxylic acids is 1. The molecule has 3 rings (SSSR count). The number of nitrogens with zero attached hydrogens (tertiary/aromatic N) is 2. The van der Waals surface area contributed by atoms with Gasteiger partial charge in [0.25, 0.3) is 0 Å². The second-order valence-electron chi connectivity index (χ2n) is 6.10. The first-order chi connectivity index (χ1) is 11.5. The van der Waals surface area contributed by atoms with Gasteiger partial charge in [-0.2, -0.15) is 0 Å². The number of halogens is 1. The fraction of sp³-hybridized carbons (Fsp3) is 0.562. The normalized spacial score (nSPS) is 23.0. The van der Waals surface area contributed by atoms with Crippen molar-refractivity contribution in [2.75, 3.05) is 7.11 Å².